The normalized spacial score (nSPS) is 11.2. The van der Waals surface area contributed by atoms with Crippen LogP contribution in [-0.4, -0.2) is 17.0 Å². The van der Waals surface area contributed by atoms with Gasteiger partial charge in [0.05, 0.1) is 16.3 Å². The van der Waals surface area contributed by atoms with Crippen molar-refractivity contribution >= 4 is 61.9 Å². The Kier molecular flexibility index (Phi) is 4.36. The van der Waals surface area contributed by atoms with Crippen LogP contribution in [-0.2, 0) is 13.0 Å². The average molecular weight is 358 g/mol. The molecule has 21 heavy (non-hydrogen) atoms. The van der Waals surface area contributed by atoms with Gasteiger partial charge in [0.2, 0.25) is 5.28 Å². The predicted molar refractivity (Wildman–Crippen MR) is 93.2 cm³/mol. The molecular weight excluding hydrogens is 345 g/mol. The van der Waals surface area contributed by atoms with E-state index in [-0.39, 0.29) is 5.28 Å². The van der Waals surface area contributed by atoms with Crippen molar-refractivity contribution in [2.75, 3.05) is 11.9 Å². The number of rotatable bonds is 4. The summed E-state index contributed by atoms with van der Waals surface area (Å²) in [5.74, 6) is 0.866. The number of aryl methyl sites for hydroxylation is 1. The molecule has 0 unspecified atom stereocenters. The Hall–Kier alpha value is -0.880. The first kappa shape index (κ1) is 15.0. The molecule has 0 spiro atoms. The van der Waals surface area contributed by atoms with Crippen molar-refractivity contribution in [2.24, 2.45) is 0 Å². The van der Waals surface area contributed by atoms with Gasteiger partial charge in [-0.05, 0) is 36.2 Å². The van der Waals surface area contributed by atoms with Crippen LogP contribution in [0.25, 0.3) is 10.2 Å². The largest absolute Gasteiger partial charge is 0.354 e. The number of anilines is 1. The molecule has 0 aliphatic heterocycles. The zero-order valence-electron chi connectivity index (χ0n) is 11.6. The molecule has 7 heteroatoms. The molecule has 0 aliphatic carbocycles. The fourth-order valence-corrected chi connectivity index (χ4v) is 4.46. The third kappa shape index (κ3) is 3.16. The molecule has 3 aromatic rings. The molecule has 0 radical (unpaired) electrons. The van der Waals surface area contributed by atoms with Crippen LogP contribution in [0, 0.1) is 0 Å². The van der Waals surface area contributed by atoms with Gasteiger partial charge in [-0.15, -0.1) is 22.7 Å². The number of nitrogens with zero attached hydrogens (tertiary/aromatic N) is 3. The standard InChI is InChI=1S/C14H13Cl2N3S2/c1-3-8-6-10-12(17-14(16)18-13(10)21-8)19(2)7-9-4-5-11(15)20-9/h4-6H,3,7H2,1-2H3. The lowest BCUT2D eigenvalue weighted by Crippen LogP contribution is -2.17. The fourth-order valence-electron chi connectivity index (χ4n) is 2.14. The van der Waals surface area contributed by atoms with Crippen LogP contribution in [0.4, 0.5) is 5.82 Å². The fraction of sp³-hybridized carbons (Fsp3) is 0.286. The van der Waals surface area contributed by atoms with Crippen LogP contribution >= 0.6 is 45.9 Å². The van der Waals surface area contributed by atoms with Gasteiger partial charge in [0.25, 0.3) is 0 Å². The Balaban J connectivity index is 1.99. The molecular formula is C14H13Cl2N3S2. The lowest BCUT2D eigenvalue weighted by Gasteiger charge is -2.18. The second kappa shape index (κ2) is 6.08. The Morgan fingerprint density at radius 3 is 2.62 bits per heavy atom. The lowest BCUT2D eigenvalue weighted by molar-refractivity contribution is 0.915. The quantitative estimate of drug-likeness (QED) is 0.596. The Morgan fingerprint density at radius 1 is 1.14 bits per heavy atom. The van der Waals surface area contributed by atoms with Gasteiger partial charge in [0.15, 0.2) is 0 Å². The molecule has 0 bridgehead atoms. The van der Waals surface area contributed by atoms with Gasteiger partial charge in [0, 0.05) is 16.8 Å². The van der Waals surface area contributed by atoms with Crippen LogP contribution in [0.1, 0.15) is 16.7 Å². The first-order valence-corrected chi connectivity index (χ1v) is 8.87. The van der Waals surface area contributed by atoms with E-state index in [9.17, 15) is 0 Å². The molecule has 3 heterocycles. The zero-order chi connectivity index (χ0) is 15.0. The van der Waals surface area contributed by atoms with E-state index in [2.05, 4.69) is 27.9 Å². The first-order chi connectivity index (χ1) is 10.1. The van der Waals surface area contributed by atoms with E-state index in [4.69, 9.17) is 23.2 Å². The highest BCUT2D eigenvalue weighted by Gasteiger charge is 2.14. The molecule has 110 valence electrons. The molecule has 3 rings (SSSR count). The Bertz CT molecular complexity index is 782. The minimum absolute atomic E-state index is 0.290. The number of thiophene rings is 2. The maximum Gasteiger partial charge on any atom is 0.225 e. The summed E-state index contributed by atoms with van der Waals surface area (Å²) >= 11 is 15.3. The molecule has 0 aliphatic rings. The molecule has 3 nitrogen and oxygen atoms in total. The Morgan fingerprint density at radius 2 is 1.95 bits per heavy atom. The lowest BCUT2D eigenvalue weighted by atomic mass is 10.3. The number of halogens is 2. The summed E-state index contributed by atoms with van der Waals surface area (Å²) < 4.78 is 0.799. The predicted octanol–water partition coefficient (Wildman–Crippen LogP) is 5.26. The number of aromatic nitrogens is 2. The number of hydrogen-bond donors (Lipinski definition) is 0. The van der Waals surface area contributed by atoms with Gasteiger partial charge in [-0.25, -0.2) is 4.98 Å². The second-order valence-corrected chi connectivity index (χ2v) is 7.92. The van der Waals surface area contributed by atoms with Crippen LogP contribution in [0.3, 0.4) is 0 Å². The van der Waals surface area contributed by atoms with E-state index >= 15 is 0 Å². The van der Waals surface area contributed by atoms with Gasteiger partial charge >= 0.3 is 0 Å². The molecule has 0 amide bonds. The van der Waals surface area contributed by atoms with Gasteiger partial charge in [-0.3, -0.25) is 0 Å². The SMILES string of the molecule is CCc1cc2c(N(C)Cc3ccc(Cl)s3)nc(Cl)nc2s1. The molecule has 0 saturated heterocycles. The van der Waals surface area contributed by atoms with E-state index in [1.54, 1.807) is 22.7 Å². The maximum atomic E-state index is 6.07. The van der Waals surface area contributed by atoms with E-state index in [1.165, 1.54) is 9.75 Å². The van der Waals surface area contributed by atoms with Crippen molar-refractivity contribution in [3.8, 4) is 0 Å². The van der Waals surface area contributed by atoms with Crippen LogP contribution in [0.5, 0.6) is 0 Å². The van der Waals surface area contributed by atoms with E-state index in [0.717, 1.165) is 33.3 Å². The third-order valence-electron chi connectivity index (χ3n) is 3.13. The summed E-state index contributed by atoms with van der Waals surface area (Å²) in [7, 11) is 2.01. The minimum atomic E-state index is 0.290. The molecule has 3 aromatic heterocycles. The highest BCUT2D eigenvalue weighted by Crippen LogP contribution is 2.33. The van der Waals surface area contributed by atoms with Crippen molar-refractivity contribution < 1.29 is 0 Å². The van der Waals surface area contributed by atoms with Crippen LogP contribution in [0.15, 0.2) is 18.2 Å². The molecule has 0 saturated carbocycles. The average Bonchev–Trinajstić information content (AvgIpc) is 3.03. The highest BCUT2D eigenvalue weighted by molar-refractivity contribution is 7.18. The summed E-state index contributed by atoms with van der Waals surface area (Å²) in [4.78, 5) is 14.2. The van der Waals surface area contributed by atoms with Gasteiger partial charge in [0.1, 0.15) is 10.6 Å². The van der Waals surface area contributed by atoms with Crippen molar-refractivity contribution in [3.05, 3.63) is 37.6 Å². The highest BCUT2D eigenvalue weighted by atomic mass is 35.5. The minimum Gasteiger partial charge on any atom is -0.354 e. The smallest absolute Gasteiger partial charge is 0.225 e. The van der Waals surface area contributed by atoms with Crippen molar-refractivity contribution in [1.82, 2.24) is 9.97 Å². The molecule has 0 atom stereocenters. The van der Waals surface area contributed by atoms with Gasteiger partial charge < -0.3 is 4.90 Å². The van der Waals surface area contributed by atoms with Crippen LogP contribution < -0.4 is 4.90 Å². The molecule has 0 N–H and O–H groups in total. The van der Waals surface area contributed by atoms with E-state index < -0.39 is 0 Å². The number of fused-ring (bicyclic) bond motifs is 1. The topological polar surface area (TPSA) is 29.0 Å². The van der Waals surface area contributed by atoms with Gasteiger partial charge in [-0.1, -0.05) is 18.5 Å². The molecule has 0 fully saturated rings. The second-order valence-electron chi connectivity index (χ2n) is 4.66. The summed E-state index contributed by atoms with van der Waals surface area (Å²) in [6.07, 6.45) is 0.988. The summed E-state index contributed by atoms with van der Waals surface area (Å²) in [6.45, 7) is 2.88. The summed E-state index contributed by atoms with van der Waals surface area (Å²) in [5.41, 5.74) is 0. The Labute approximate surface area is 141 Å². The zero-order valence-corrected chi connectivity index (χ0v) is 14.7. The summed E-state index contributed by atoms with van der Waals surface area (Å²) in [5, 5.41) is 1.35. The van der Waals surface area contributed by atoms with Crippen molar-refractivity contribution in [3.63, 3.8) is 0 Å². The van der Waals surface area contributed by atoms with Crippen molar-refractivity contribution in [1.29, 1.82) is 0 Å². The number of hydrogen-bond acceptors (Lipinski definition) is 5. The van der Waals surface area contributed by atoms with Gasteiger partial charge in [-0.2, -0.15) is 4.98 Å². The first-order valence-electron chi connectivity index (χ1n) is 6.48. The maximum absolute atomic E-state index is 6.07. The third-order valence-corrected chi connectivity index (χ3v) is 5.69. The summed E-state index contributed by atoms with van der Waals surface area (Å²) in [6, 6.07) is 6.11. The monoisotopic (exact) mass is 357 g/mol. The van der Waals surface area contributed by atoms with E-state index in [1.807, 2.05) is 19.2 Å². The van der Waals surface area contributed by atoms with Crippen molar-refractivity contribution in [2.45, 2.75) is 19.9 Å². The molecule has 0 aromatic carbocycles. The van der Waals surface area contributed by atoms with E-state index in [0.29, 0.717) is 0 Å². The van der Waals surface area contributed by atoms with Crippen LogP contribution in [0.2, 0.25) is 9.62 Å².